The van der Waals surface area contributed by atoms with Crippen LogP contribution in [0.5, 0.6) is 0 Å². The van der Waals surface area contributed by atoms with Gasteiger partial charge in [0, 0.05) is 12.2 Å². The van der Waals surface area contributed by atoms with Crippen molar-refractivity contribution in [2.75, 3.05) is 12.3 Å². The predicted molar refractivity (Wildman–Crippen MR) is 71.6 cm³/mol. The summed E-state index contributed by atoms with van der Waals surface area (Å²) in [6.07, 6.45) is 8.88. The van der Waals surface area contributed by atoms with Crippen LogP contribution in [-0.4, -0.2) is 11.5 Å². The molecule has 1 atom stereocenters. The van der Waals surface area contributed by atoms with Crippen LogP contribution in [0.15, 0.2) is 18.3 Å². The van der Waals surface area contributed by atoms with E-state index in [0.717, 1.165) is 12.5 Å². The van der Waals surface area contributed by atoms with Crippen LogP contribution in [0.3, 0.4) is 0 Å². The molecule has 1 aliphatic rings. The van der Waals surface area contributed by atoms with E-state index < -0.39 is 0 Å². The van der Waals surface area contributed by atoms with E-state index in [4.69, 9.17) is 5.73 Å². The van der Waals surface area contributed by atoms with Gasteiger partial charge in [0.15, 0.2) is 0 Å². The fourth-order valence-corrected chi connectivity index (χ4v) is 2.53. The number of nitrogen functional groups attached to an aromatic ring is 1. The van der Waals surface area contributed by atoms with Crippen molar-refractivity contribution in [2.24, 2.45) is 5.92 Å². The van der Waals surface area contributed by atoms with Crippen molar-refractivity contribution >= 4 is 5.82 Å². The highest BCUT2D eigenvalue weighted by molar-refractivity contribution is 5.30. The Balaban J connectivity index is 1.80. The van der Waals surface area contributed by atoms with Gasteiger partial charge in [0.25, 0.3) is 0 Å². The van der Waals surface area contributed by atoms with Gasteiger partial charge < -0.3 is 11.1 Å². The van der Waals surface area contributed by atoms with E-state index in [1.54, 1.807) is 0 Å². The molecular weight excluding hydrogens is 210 g/mol. The molecule has 1 unspecified atom stereocenters. The minimum atomic E-state index is 0.366. The second-order valence-electron chi connectivity index (χ2n) is 5.15. The maximum atomic E-state index is 5.59. The Morgan fingerprint density at radius 2 is 2.12 bits per heavy atom. The van der Waals surface area contributed by atoms with Crippen LogP contribution in [0.25, 0.3) is 0 Å². The summed E-state index contributed by atoms with van der Waals surface area (Å²) in [6, 6.07) is 4.29. The van der Waals surface area contributed by atoms with E-state index in [2.05, 4.69) is 23.3 Å². The number of hydrogen-bond donors (Lipinski definition) is 2. The van der Waals surface area contributed by atoms with Crippen molar-refractivity contribution in [3.05, 3.63) is 23.9 Å². The van der Waals surface area contributed by atoms with Gasteiger partial charge >= 0.3 is 0 Å². The van der Waals surface area contributed by atoms with Crippen LogP contribution in [0.1, 0.15) is 50.6 Å². The van der Waals surface area contributed by atoms with Crippen LogP contribution in [-0.2, 0) is 0 Å². The van der Waals surface area contributed by atoms with Crippen molar-refractivity contribution in [3.8, 4) is 0 Å². The summed E-state index contributed by atoms with van der Waals surface area (Å²) in [4.78, 5) is 4.13. The van der Waals surface area contributed by atoms with Crippen LogP contribution < -0.4 is 11.1 Å². The smallest absolute Gasteiger partial charge is 0.123 e. The number of hydrogen-bond acceptors (Lipinski definition) is 3. The molecule has 3 nitrogen and oxygen atoms in total. The minimum Gasteiger partial charge on any atom is -0.384 e. The van der Waals surface area contributed by atoms with E-state index in [-0.39, 0.29) is 0 Å². The quantitative estimate of drug-likeness (QED) is 0.840. The highest BCUT2D eigenvalue weighted by Gasteiger charge is 2.14. The van der Waals surface area contributed by atoms with Gasteiger partial charge in [-0.3, -0.25) is 0 Å². The van der Waals surface area contributed by atoms with Crippen LogP contribution in [0.2, 0.25) is 0 Å². The van der Waals surface area contributed by atoms with E-state index in [0.29, 0.717) is 11.9 Å². The summed E-state index contributed by atoms with van der Waals surface area (Å²) in [6.45, 7) is 3.32. The van der Waals surface area contributed by atoms with Crippen molar-refractivity contribution in [1.29, 1.82) is 0 Å². The lowest BCUT2D eigenvalue weighted by Gasteiger charge is -2.24. The molecule has 0 saturated heterocycles. The van der Waals surface area contributed by atoms with Gasteiger partial charge in [0.2, 0.25) is 0 Å². The summed E-state index contributed by atoms with van der Waals surface area (Å²) in [7, 11) is 0. The van der Waals surface area contributed by atoms with Crippen molar-refractivity contribution < 1.29 is 0 Å². The van der Waals surface area contributed by atoms with Gasteiger partial charge in [-0.15, -0.1) is 0 Å². The molecule has 1 saturated carbocycles. The zero-order chi connectivity index (χ0) is 12.1. The molecule has 0 radical (unpaired) electrons. The van der Waals surface area contributed by atoms with E-state index in [1.807, 2.05) is 12.3 Å². The third-order valence-electron chi connectivity index (χ3n) is 3.75. The SMILES string of the molecule is CC(NCC1CCCCC1)c1ccc(N)nc1. The molecule has 0 spiro atoms. The Kier molecular flexibility index (Phi) is 4.37. The lowest BCUT2D eigenvalue weighted by Crippen LogP contribution is -2.27. The average Bonchev–Trinajstić information content (AvgIpc) is 2.38. The van der Waals surface area contributed by atoms with E-state index in [1.165, 1.54) is 37.7 Å². The minimum absolute atomic E-state index is 0.366. The molecule has 1 fully saturated rings. The van der Waals surface area contributed by atoms with Gasteiger partial charge in [-0.25, -0.2) is 4.98 Å². The maximum absolute atomic E-state index is 5.59. The number of nitrogens with one attached hydrogen (secondary N) is 1. The Morgan fingerprint density at radius 1 is 1.35 bits per heavy atom. The first-order valence-electron chi connectivity index (χ1n) is 6.70. The van der Waals surface area contributed by atoms with E-state index >= 15 is 0 Å². The Bertz CT molecular complexity index is 328. The average molecular weight is 233 g/mol. The molecule has 1 aromatic heterocycles. The number of aromatic nitrogens is 1. The van der Waals surface area contributed by atoms with Gasteiger partial charge in [0.05, 0.1) is 0 Å². The number of rotatable bonds is 4. The van der Waals surface area contributed by atoms with E-state index in [9.17, 15) is 0 Å². The number of nitrogens with two attached hydrogens (primary N) is 1. The van der Waals surface area contributed by atoms with Crippen molar-refractivity contribution in [1.82, 2.24) is 10.3 Å². The molecule has 94 valence electrons. The zero-order valence-electron chi connectivity index (χ0n) is 10.7. The first-order valence-corrected chi connectivity index (χ1v) is 6.70. The highest BCUT2D eigenvalue weighted by atomic mass is 14.9. The lowest BCUT2D eigenvalue weighted by atomic mass is 9.89. The maximum Gasteiger partial charge on any atom is 0.123 e. The highest BCUT2D eigenvalue weighted by Crippen LogP contribution is 2.23. The largest absolute Gasteiger partial charge is 0.384 e. The monoisotopic (exact) mass is 233 g/mol. The Hall–Kier alpha value is -1.09. The first kappa shape index (κ1) is 12.4. The second-order valence-corrected chi connectivity index (χ2v) is 5.15. The third-order valence-corrected chi connectivity index (χ3v) is 3.75. The zero-order valence-corrected chi connectivity index (χ0v) is 10.7. The second kappa shape index (κ2) is 6.01. The molecule has 0 aliphatic heterocycles. The molecule has 1 aromatic rings. The van der Waals surface area contributed by atoms with Crippen LogP contribution >= 0.6 is 0 Å². The molecule has 3 N–H and O–H groups in total. The fourth-order valence-electron chi connectivity index (χ4n) is 2.53. The molecule has 1 aliphatic carbocycles. The summed E-state index contributed by atoms with van der Waals surface area (Å²) in [5.74, 6) is 1.46. The number of nitrogens with zero attached hydrogens (tertiary/aromatic N) is 1. The lowest BCUT2D eigenvalue weighted by molar-refractivity contribution is 0.331. The standard InChI is InChI=1S/C14H23N3/c1-11(13-7-8-14(15)17-10-13)16-9-12-5-3-2-4-6-12/h7-8,10-12,16H,2-6,9H2,1H3,(H2,15,17). The molecule has 0 amide bonds. The molecule has 0 bridgehead atoms. The molecule has 0 aromatic carbocycles. The van der Waals surface area contributed by atoms with Crippen molar-refractivity contribution in [2.45, 2.75) is 45.1 Å². The summed E-state index contributed by atoms with van der Waals surface area (Å²) in [5, 5.41) is 3.61. The third kappa shape index (κ3) is 3.70. The topological polar surface area (TPSA) is 50.9 Å². The van der Waals surface area contributed by atoms with Gasteiger partial charge in [-0.1, -0.05) is 25.3 Å². The molecule has 2 rings (SSSR count). The number of pyridine rings is 1. The number of anilines is 1. The Morgan fingerprint density at radius 3 is 2.76 bits per heavy atom. The van der Waals surface area contributed by atoms with Crippen LogP contribution in [0, 0.1) is 5.92 Å². The van der Waals surface area contributed by atoms with Crippen LogP contribution in [0.4, 0.5) is 5.82 Å². The molecule has 1 heterocycles. The summed E-state index contributed by atoms with van der Waals surface area (Å²) < 4.78 is 0. The first-order chi connectivity index (χ1) is 8.25. The molecule has 17 heavy (non-hydrogen) atoms. The predicted octanol–water partition coefficient (Wildman–Crippen LogP) is 2.89. The molecule has 3 heteroatoms. The van der Waals surface area contributed by atoms with Gasteiger partial charge in [0.1, 0.15) is 5.82 Å². The Labute approximate surface area is 104 Å². The van der Waals surface area contributed by atoms with Gasteiger partial charge in [-0.2, -0.15) is 0 Å². The van der Waals surface area contributed by atoms with Gasteiger partial charge in [-0.05, 0) is 43.9 Å². The normalized spacial score (nSPS) is 19.1. The summed E-state index contributed by atoms with van der Waals surface area (Å²) in [5.41, 5.74) is 6.80. The summed E-state index contributed by atoms with van der Waals surface area (Å²) >= 11 is 0. The van der Waals surface area contributed by atoms with Crippen molar-refractivity contribution in [3.63, 3.8) is 0 Å². The molecular formula is C14H23N3. The fraction of sp³-hybridized carbons (Fsp3) is 0.643.